The van der Waals surface area contributed by atoms with Gasteiger partial charge in [0.1, 0.15) is 0 Å². The van der Waals surface area contributed by atoms with Crippen molar-refractivity contribution in [3.8, 4) is 0 Å². The van der Waals surface area contributed by atoms with Crippen LogP contribution in [-0.4, -0.2) is 37.7 Å². The van der Waals surface area contributed by atoms with Gasteiger partial charge in [-0.05, 0) is 26.7 Å². The van der Waals surface area contributed by atoms with Gasteiger partial charge in [0, 0.05) is 12.6 Å². The maximum absolute atomic E-state index is 11.2. The standard InChI is InChI=1S/C10H20N2O2/c1-8(2)14-6-5-11-10(13)7-12-9-3-4-9/h8-9,12H,3-7H2,1-2H3,(H,11,13). The van der Waals surface area contributed by atoms with Crippen molar-refractivity contribution in [1.29, 1.82) is 0 Å². The van der Waals surface area contributed by atoms with E-state index in [-0.39, 0.29) is 12.0 Å². The average Bonchev–Trinajstić information content (AvgIpc) is 2.92. The molecule has 4 heteroatoms. The molecule has 1 aliphatic carbocycles. The van der Waals surface area contributed by atoms with Crippen LogP contribution in [0.3, 0.4) is 0 Å². The normalized spacial score (nSPS) is 15.9. The van der Waals surface area contributed by atoms with E-state index >= 15 is 0 Å². The number of amides is 1. The van der Waals surface area contributed by atoms with Crippen LogP contribution in [-0.2, 0) is 9.53 Å². The molecule has 0 bridgehead atoms. The molecule has 14 heavy (non-hydrogen) atoms. The molecule has 0 aliphatic heterocycles. The maximum Gasteiger partial charge on any atom is 0.234 e. The first-order valence-corrected chi connectivity index (χ1v) is 5.30. The molecule has 1 saturated carbocycles. The zero-order chi connectivity index (χ0) is 10.4. The van der Waals surface area contributed by atoms with Gasteiger partial charge >= 0.3 is 0 Å². The van der Waals surface area contributed by atoms with Crippen molar-refractivity contribution in [3.05, 3.63) is 0 Å². The molecule has 1 amide bonds. The third-order valence-corrected chi connectivity index (χ3v) is 2.00. The van der Waals surface area contributed by atoms with Crippen molar-refractivity contribution in [2.45, 2.75) is 38.8 Å². The van der Waals surface area contributed by atoms with Gasteiger partial charge < -0.3 is 15.4 Å². The quantitative estimate of drug-likeness (QED) is 0.580. The highest BCUT2D eigenvalue weighted by atomic mass is 16.5. The first kappa shape index (κ1) is 11.5. The summed E-state index contributed by atoms with van der Waals surface area (Å²) < 4.78 is 5.30. The van der Waals surface area contributed by atoms with Crippen LogP contribution in [0, 0.1) is 0 Å². The monoisotopic (exact) mass is 200 g/mol. The SMILES string of the molecule is CC(C)OCCNC(=O)CNC1CC1. The number of carbonyl (C=O) groups excluding carboxylic acids is 1. The van der Waals surface area contributed by atoms with Crippen LogP contribution >= 0.6 is 0 Å². The second-order valence-corrected chi connectivity index (χ2v) is 3.92. The van der Waals surface area contributed by atoms with Crippen LogP contribution in [0.25, 0.3) is 0 Å². The Morgan fingerprint density at radius 3 is 2.79 bits per heavy atom. The lowest BCUT2D eigenvalue weighted by Gasteiger charge is -2.08. The lowest BCUT2D eigenvalue weighted by molar-refractivity contribution is -0.120. The van der Waals surface area contributed by atoms with Crippen molar-refractivity contribution in [1.82, 2.24) is 10.6 Å². The summed E-state index contributed by atoms with van der Waals surface area (Å²) in [5.74, 6) is 0.0595. The molecule has 0 atom stereocenters. The Labute approximate surface area is 85.4 Å². The van der Waals surface area contributed by atoms with E-state index in [1.807, 2.05) is 13.8 Å². The third-order valence-electron chi connectivity index (χ3n) is 2.00. The molecule has 82 valence electrons. The number of hydrogen-bond donors (Lipinski definition) is 2. The van der Waals surface area contributed by atoms with E-state index in [1.54, 1.807) is 0 Å². The Morgan fingerprint density at radius 1 is 1.50 bits per heavy atom. The van der Waals surface area contributed by atoms with Crippen molar-refractivity contribution in [2.75, 3.05) is 19.7 Å². The number of ether oxygens (including phenoxy) is 1. The highest BCUT2D eigenvalue weighted by Crippen LogP contribution is 2.17. The minimum absolute atomic E-state index is 0.0595. The fraction of sp³-hybridized carbons (Fsp3) is 0.900. The first-order chi connectivity index (χ1) is 6.68. The largest absolute Gasteiger partial charge is 0.377 e. The smallest absolute Gasteiger partial charge is 0.234 e. The van der Waals surface area contributed by atoms with Gasteiger partial charge in [-0.2, -0.15) is 0 Å². The summed E-state index contributed by atoms with van der Waals surface area (Å²) in [7, 11) is 0. The minimum atomic E-state index is 0.0595. The van der Waals surface area contributed by atoms with Gasteiger partial charge in [0.15, 0.2) is 0 Å². The highest BCUT2D eigenvalue weighted by molar-refractivity contribution is 5.78. The summed E-state index contributed by atoms with van der Waals surface area (Å²) >= 11 is 0. The van der Waals surface area contributed by atoms with Crippen LogP contribution in [0.1, 0.15) is 26.7 Å². The van der Waals surface area contributed by atoms with E-state index < -0.39 is 0 Å². The second kappa shape index (κ2) is 5.98. The summed E-state index contributed by atoms with van der Waals surface area (Å²) in [4.78, 5) is 11.2. The Kier molecular flexibility index (Phi) is 4.90. The number of carbonyl (C=O) groups is 1. The van der Waals surface area contributed by atoms with Gasteiger partial charge in [-0.15, -0.1) is 0 Å². The highest BCUT2D eigenvalue weighted by Gasteiger charge is 2.20. The van der Waals surface area contributed by atoms with Crippen molar-refractivity contribution in [2.24, 2.45) is 0 Å². The summed E-state index contributed by atoms with van der Waals surface area (Å²) in [6, 6.07) is 0.590. The van der Waals surface area contributed by atoms with E-state index in [0.29, 0.717) is 25.7 Å². The number of nitrogens with one attached hydrogen (secondary N) is 2. The van der Waals surface area contributed by atoms with E-state index in [9.17, 15) is 4.79 Å². The zero-order valence-electron chi connectivity index (χ0n) is 9.01. The molecule has 0 spiro atoms. The molecule has 0 aromatic rings. The van der Waals surface area contributed by atoms with Gasteiger partial charge in [0.25, 0.3) is 0 Å². The molecule has 1 aliphatic rings. The fourth-order valence-electron chi connectivity index (χ4n) is 1.07. The van der Waals surface area contributed by atoms with E-state index in [0.717, 1.165) is 0 Å². The minimum Gasteiger partial charge on any atom is -0.377 e. The third kappa shape index (κ3) is 5.94. The molecule has 1 rings (SSSR count). The van der Waals surface area contributed by atoms with Crippen LogP contribution in [0.15, 0.2) is 0 Å². The van der Waals surface area contributed by atoms with Crippen molar-refractivity contribution >= 4 is 5.91 Å². The zero-order valence-corrected chi connectivity index (χ0v) is 9.01. The van der Waals surface area contributed by atoms with E-state index in [2.05, 4.69) is 10.6 Å². The van der Waals surface area contributed by atoms with Crippen LogP contribution in [0.4, 0.5) is 0 Å². The number of rotatable bonds is 7. The lowest BCUT2D eigenvalue weighted by atomic mass is 10.5. The van der Waals surface area contributed by atoms with Gasteiger partial charge in [-0.25, -0.2) is 0 Å². The summed E-state index contributed by atoms with van der Waals surface area (Å²) in [5, 5.41) is 5.95. The molecule has 0 saturated heterocycles. The second-order valence-electron chi connectivity index (χ2n) is 3.92. The molecule has 4 nitrogen and oxygen atoms in total. The van der Waals surface area contributed by atoms with Crippen LogP contribution in [0.2, 0.25) is 0 Å². The lowest BCUT2D eigenvalue weighted by Crippen LogP contribution is -2.36. The summed E-state index contributed by atoms with van der Waals surface area (Å²) in [6.07, 6.45) is 2.66. The van der Waals surface area contributed by atoms with Crippen LogP contribution < -0.4 is 10.6 Å². The Hall–Kier alpha value is -0.610. The molecule has 1 fully saturated rings. The van der Waals surface area contributed by atoms with E-state index in [4.69, 9.17) is 4.74 Å². The van der Waals surface area contributed by atoms with Crippen molar-refractivity contribution < 1.29 is 9.53 Å². The molecule has 0 radical (unpaired) electrons. The van der Waals surface area contributed by atoms with Gasteiger partial charge in [0.2, 0.25) is 5.91 Å². The molecular formula is C10H20N2O2. The predicted octanol–water partition coefficient (Wildman–Crippen LogP) is 0.280. The summed E-state index contributed by atoms with van der Waals surface area (Å²) in [6.45, 7) is 5.59. The number of hydrogen-bond acceptors (Lipinski definition) is 3. The van der Waals surface area contributed by atoms with E-state index in [1.165, 1.54) is 12.8 Å². The molecule has 0 unspecified atom stereocenters. The Balaban J connectivity index is 1.86. The van der Waals surface area contributed by atoms with Gasteiger partial charge in [0.05, 0.1) is 19.3 Å². The van der Waals surface area contributed by atoms with Gasteiger partial charge in [-0.3, -0.25) is 4.79 Å². The fourth-order valence-corrected chi connectivity index (χ4v) is 1.07. The summed E-state index contributed by atoms with van der Waals surface area (Å²) in [5.41, 5.74) is 0. The van der Waals surface area contributed by atoms with Crippen LogP contribution in [0.5, 0.6) is 0 Å². The molecule has 2 N–H and O–H groups in total. The molecule has 0 heterocycles. The molecule has 0 aromatic heterocycles. The topological polar surface area (TPSA) is 50.4 Å². The molecular weight excluding hydrogens is 180 g/mol. The Morgan fingerprint density at radius 2 is 2.21 bits per heavy atom. The molecule has 0 aromatic carbocycles. The van der Waals surface area contributed by atoms with Crippen molar-refractivity contribution in [3.63, 3.8) is 0 Å². The van der Waals surface area contributed by atoms with Gasteiger partial charge in [-0.1, -0.05) is 0 Å². The average molecular weight is 200 g/mol. The predicted molar refractivity (Wildman–Crippen MR) is 55.1 cm³/mol. The Bertz CT molecular complexity index is 179. The first-order valence-electron chi connectivity index (χ1n) is 5.30. The maximum atomic E-state index is 11.2.